The van der Waals surface area contributed by atoms with Crippen molar-refractivity contribution in [1.29, 1.82) is 0 Å². The van der Waals surface area contributed by atoms with Crippen molar-refractivity contribution in [3.63, 3.8) is 0 Å². The van der Waals surface area contributed by atoms with Gasteiger partial charge in [0.1, 0.15) is 5.52 Å². The summed E-state index contributed by atoms with van der Waals surface area (Å²) in [5.74, 6) is -0.596. The average molecular weight is 475 g/mol. The third-order valence-corrected chi connectivity index (χ3v) is 7.77. The maximum absolute atomic E-state index is 13.1. The van der Waals surface area contributed by atoms with E-state index in [2.05, 4.69) is 10.1 Å². The van der Waals surface area contributed by atoms with Gasteiger partial charge in [0.15, 0.2) is 15.0 Å². The van der Waals surface area contributed by atoms with E-state index in [1.165, 1.54) is 28.4 Å². The van der Waals surface area contributed by atoms with Gasteiger partial charge >= 0.3 is 0 Å². The van der Waals surface area contributed by atoms with Gasteiger partial charge in [-0.1, -0.05) is 47.2 Å². The zero-order chi connectivity index (χ0) is 21.8. The van der Waals surface area contributed by atoms with Gasteiger partial charge < -0.3 is 0 Å². The number of sulfone groups is 1. The number of anilines is 1. The Morgan fingerprint density at radius 1 is 1.10 bits per heavy atom. The minimum atomic E-state index is -3.56. The van der Waals surface area contributed by atoms with Gasteiger partial charge in [-0.2, -0.15) is 5.10 Å². The number of benzene rings is 2. The molecule has 10 heteroatoms. The van der Waals surface area contributed by atoms with E-state index in [0.717, 1.165) is 4.70 Å². The monoisotopic (exact) mass is 474 g/mol. The molecular weight excluding hydrogens is 456 g/mol. The van der Waals surface area contributed by atoms with Crippen molar-refractivity contribution in [2.45, 2.75) is 17.9 Å². The number of halogens is 1. The van der Waals surface area contributed by atoms with E-state index in [1.807, 2.05) is 12.1 Å². The SMILES string of the molecule is O=C(CCS(=O)(=O)c1ccccc1)N(CCn1cccn1)c1nc2c(Cl)cccc2s1. The van der Waals surface area contributed by atoms with E-state index >= 15 is 0 Å². The summed E-state index contributed by atoms with van der Waals surface area (Å²) in [4.78, 5) is 19.4. The number of carbonyl (C=O) groups is 1. The summed E-state index contributed by atoms with van der Waals surface area (Å²) in [6, 6.07) is 15.4. The third kappa shape index (κ3) is 4.95. The van der Waals surface area contributed by atoms with Crippen LogP contribution in [0.15, 0.2) is 71.9 Å². The summed E-state index contributed by atoms with van der Waals surface area (Å²) in [5, 5.41) is 5.16. The molecule has 0 saturated heterocycles. The number of nitrogens with zero attached hydrogens (tertiary/aromatic N) is 4. The molecule has 4 aromatic rings. The Balaban J connectivity index is 1.57. The van der Waals surface area contributed by atoms with Crippen LogP contribution in [0.1, 0.15) is 6.42 Å². The highest BCUT2D eigenvalue weighted by Gasteiger charge is 2.23. The molecule has 7 nitrogen and oxygen atoms in total. The van der Waals surface area contributed by atoms with Crippen molar-refractivity contribution in [3.05, 3.63) is 72.0 Å². The molecule has 0 fully saturated rings. The summed E-state index contributed by atoms with van der Waals surface area (Å²) in [6.07, 6.45) is 3.31. The van der Waals surface area contributed by atoms with E-state index in [0.29, 0.717) is 28.8 Å². The molecule has 2 aromatic heterocycles. The number of hydrogen-bond donors (Lipinski definition) is 0. The van der Waals surface area contributed by atoms with Crippen LogP contribution in [-0.4, -0.2) is 41.4 Å². The van der Waals surface area contributed by atoms with Gasteiger partial charge in [0, 0.05) is 25.4 Å². The number of hydrogen-bond acceptors (Lipinski definition) is 6. The van der Waals surface area contributed by atoms with Crippen LogP contribution in [0.4, 0.5) is 5.13 Å². The van der Waals surface area contributed by atoms with Crippen molar-refractivity contribution < 1.29 is 13.2 Å². The molecule has 0 aliphatic rings. The summed E-state index contributed by atoms with van der Waals surface area (Å²) in [6.45, 7) is 0.761. The molecule has 4 rings (SSSR count). The highest BCUT2D eigenvalue weighted by atomic mass is 35.5. The van der Waals surface area contributed by atoms with E-state index in [4.69, 9.17) is 11.6 Å². The molecule has 160 valence electrons. The lowest BCUT2D eigenvalue weighted by Crippen LogP contribution is -2.35. The van der Waals surface area contributed by atoms with Gasteiger partial charge in [0.2, 0.25) is 5.91 Å². The Morgan fingerprint density at radius 3 is 2.61 bits per heavy atom. The number of fused-ring (bicyclic) bond motifs is 1. The van der Waals surface area contributed by atoms with Gasteiger partial charge in [0.25, 0.3) is 0 Å². The van der Waals surface area contributed by atoms with Crippen LogP contribution in [0.2, 0.25) is 5.02 Å². The normalized spacial score (nSPS) is 11.6. The standard InChI is InChI=1S/C21H19ClN4O3S2/c22-17-8-4-9-18-20(17)24-21(30-18)26(14-13-25-12-5-11-23-25)19(27)10-15-31(28,29)16-6-2-1-3-7-16/h1-9,11-12H,10,13-15H2. The lowest BCUT2D eigenvalue weighted by atomic mass is 10.3. The fraction of sp³-hybridized carbons (Fsp3) is 0.190. The Kier molecular flexibility index (Phi) is 6.35. The average Bonchev–Trinajstić information content (AvgIpc) is 3.44. The quantitative estimate of drug-likeness (QED) is 0.384. The van der Waals surface area contributed by atoms with Crippen LogP contribution in [0.25, 0.3) is 10.2 Å². The molecule has 0 N–H and O–H groups in total. The fourth-order valence-electron chi connectivity index (χ4n) is 3.08. The molecule has 0 aliphatic carbocycles. The first kappa shape index (κ1) is 21.5. The van der Waals surface area contributed by atoms with Gasteiger partial charge in [-0.25, -0.2) is 13.4 Å². The maximum atomic E-state index is 13.1. The van der Waals surface area contributed by atoms with Gasteiger partial charge in [-0.15, -0.1) is 0 Å². The summed E-state index contributed by atoms with van der Waals surface area (Å²) < 4.78 is 27.8. The van der Waals surface area contributed by atoms with Crippen molar-refractivity contribution in [2.24, 2.45) is 0 Å². The zero-order valence-electron chi connectivity index (χ0n) is 16.4. The highest BCUT2D eigenvalue weighted by molar-refractivity contribution is 7.91. The van der Waals surface area contributed by atoms with E-state index in [9.17, 15) is 13.2 Å². The number of carbonyl (C=O) groups excluding carboxylic acids is 1. The first-order valence-corrected chi connectivity index (χ1v) is 12.4. The Bertz CT molecular complexity index is 1290. The topological polar surface area (TPSA) is 85.2 Å². The molecule has 0 atom stereocenters. The summed E-state index contributed by atoms with van der Waals surface area (Å²) in [5.41, 5.74) is 0.623. The van der Waals surface area contributed by atoms with E-state index < -0.39 is 9.84 Å². The van der Waals surface area contributed by atoms with Crippen molar-refractivity contribution in [1.82, 2.24) is 14.8 Å². The first-order chi connectivity index (χ1) is 14.9. The molecule has 0 saturated carbocycles. The maximum Gasteiger partial charge on any atom is 0.229 e. The number of amides is 1. The minimum Gasteiger partial charge on any atom is -0.286 e. The minimum absolute atomic E-state index is 0.153. The highest BCUT2D eigenvalue weighted by Crippen LogP contribution is 2.33. The van der Waals surface area contributed by atoms with Gasteiger partial charge in [-0.3, -0.25) is 14.4 Å². The number of para-hydroxylation sites is 1. The fourth-order valence-corrected chi connectivity index (χ4v) is 5.64. The summed E-state index contributed by atoms with van der Waals surface area (Å²) >= 11 is 7.59. The molecule has 0 spiro atoms. The Labute approximate surface area is 188 Å². The van der Waals surface area contributed by atoms with Gasteiger partial charge in [0.05, 0.1) is 26.9 Å². The molecule has 1 amide bonds. The number of thiazole rings is 1. The van der Waals surface area contributed by atoms with Crippen LogP contribution >= 0.6 is 22.9 Å². The van der Waals surface area contributed by atoms with Crippen LogP contribution in [0, 0.1) is 0 Å². The molecule has 31 heavy (non-hydrogen) atoms. The van der Waals surface area contributed by atoms with Crippen LogP contribution in [-0.2, 0) is 21.2 Å². The lowest BCUT2D eigenvalue weighted by Gasteiger charge is -2.20. The number of aromatic nitrogens is 3. The summed E-state index contributed by atoms with van der Waals surface area (Å²) in [7, 11) is -3.56. The van der Waals surface area contributed by atoms with Gasteiger partial charge in [-0.05, 0) is 30.3 Å². The van der Waals surface area contributed by atoms with Crippen LogP contribution in [0.3, 0.4) is 0 Å². The second-order valence-electron chi connectivity index (χ2n) is 6.78. The lowest BCUT2D eigenvalue weighted by molar-refractivity contribution is -0.118. The molecule has 0 unspecified atom stereocenters. The molecule has 0 radical (unpaired) electrons. The second kappa shape index (κ2) is 9.17. The van der Waals surface area contributed by atoms with Crippen molar-refractivity contribution in [2.75, 3.05) is 17.2 Å². The van der Waals surface area contributed by atoms with Crippen LogP contribution in [0.5, 0.6) is 0 Å². The molecule has 0 aliphatic heterocycles. The van der Waals surface area contributed by atoms with Crippen molar-refractivity contribution in [3.8, 4) is 0 Å². The first-order valence-electron chi connectivity index (χ1n) is 9.55. The molecule has 0 bridgehead atoms. The molecule has 2 aromatic carbocycles. The second-order valence-corrected chi connectivity index (χ2v) is 10.3. The van der Waals surface area contributed by atoms with E-state index in [1.54, 1.807) is 47.4 Å². The predicted octanol–water partition coefficient (Wildman–Crippen LogP) is 4.04. The zero-order valence-corrected chi connectivity index (χ0v) is 18.8. The van der Waals surface area contributed by atoms with Crippen LogP contribution < -0.4 is 4.90 Å². The Morgan fingerprint density at radius 2 is 1.90 bits per heavy atom. The molecular formula is C21H19ClN4O3S2. The smallest absolute Gasteiger partial charge is 0.229 e. The van der Waals surface area contributed by atoms with Crippen molar-refractivity contribution >= 4 is 54.0 Å². The molecule has 2 heterocycles. The largest absolute Gasteiger partial charge is 0.286 e. The Hall–Kier alpha value is -2.75. The van der Waals surface area contributed by atoms with E-state index in [-0.39, 0.29) is 23.0 Å². The predicted molar refractivity (Wildman–Crippen MR) is 122 cm³/mol. The number of rotatable bonds is 8. The third-order valence-electron chi connectivity index (χ3n) is 4.69.